The topological polar surface area (TPSA) is 70.4 Å². The maximum Gasteiger partial charge on any atom is 0.259 e. The Bertz CT molecular complexity index is 1050. The van der Waals surface area contributed by atoms with Gasteiger partial charge in [-0.1, -0.05) is 42.5 Å². The maximum atomic E-state index is 12.3. The number of aromatic nitrogens is 3. The van der Waals surface area contributed by atoms with Crippen LogP contribution in [0.1, 0.15) is 11.1 Å². The third kappa shape index (κ3) is 2.26. The molecule has 5 nitrogen and oxygen atoms in total. The standard InChI is InChI=1S/C18H15N3O2/c22-16-13(11-10-12-6-2-1-3-7-12)17(23)21-15-9-5-4-8-14(15)19-18(21)20-16/h1-9,23H,10-11H2,(H,19,20,22). The van der Waals surface area contributed by atoms with Gasteiger partial charge in [-0.3, -0.25) is 9.78 Å². The van der Waals surface area contributed by atoms with Gasteiger partial charge in [-0.15, -0.1) is 0 Å². The van der Waals surface area contributed by atoms with Crippen LogP contribution in [0.3, 0.4) is 0 Å². The minimum absolute atomic E-state index is 0.0339. The van der Waals surface area contributed by atoms with E-state index in [-0.39, 0.29) is 11.4 Å². The third-order valence-corrected chi connectivity index (χ3v) is 4.05. The zero-order valence-corrected chi connectivity index (χ0v) is 12.4. The normalized spacial score (nSPS) is 11.3. The smallest absolute Gasteiger partial charge is 0.259 e. The molecule has 0 saturated heterocycles. The number of hydrogen-bond acceptors (Lipinski definition) is 3. The van der Waals surface area contributed by atoms with Crippen molar-refractivity contribution in [2.45, 2.75) is 12.8 Å². The van der Waals surface area contributed by atoms with E-state index in [1.165, 1.54) is 0 Å². The molecule has 0 bridgehead atoms. The molecule has 5 heteroatoms. The average molecular weight is 305 g/mol. The number of nitrogens with one attached hydrogen (secondary N) is 1. The van der Waals surface area contributed by atoms with Crippen molar-refractivity contribution in [2.75, 3.05) is 0 Å². The van der Waals surface area contributed by atoms with Crippen LogP contribution in [-0.2, 0) is 12.8 Å². The van der Waals surface area contributed by atoms with E-state index in [1.54, 1.807) is 4.40 Å². The number of aromatic amines is 1. The number of hydrogen-bond donors (Lipinski definition) is 2. The highest BCUT2D eigenvalue weighted by molar-refractivity contribution is 5.80. The fourth-order valence-corrected chi connectivity index (χ4v) is 2.88. The molecule has 4 aromatic rings. The van der Waals surface area contributed by atoms with Crippen molar-refractivity contribution >= 4 is 16.8 Å². The largest absolute Gasteiger partial charge is 0.494 e. The number of rotatable bonds is 3. The molecule has 2 heterocycles. The van der Waals surface area contributed by atoms with Crippen LogP contribution in [0.25, 0.3) is 16.8 Å². The molecule has 4 rings (SSSR count). The summed E-state index contributed by atoms with van der Waals surface area (Å²) in [6.07, 6.45) is 1.16. The Labute approximate surface area is 131 Å². The van der Waals surface area contributed by atoms with Crippen LogP contribution in [0.4, 0.5) is 0 Å². The second kappa shape index (κ2) is 5.28. The van der Waals surface area contributed by atoms with Gasteiger partial charge in [0.05, 0.1) is 16.6 Å². The molecule has 0 aliphatic carbocycles. The van der Waals surface area contributed by atoms with Gasteiger partial charge >= 0.3 is 0 Å². The Morgan fingerprint density at radius 2 is 1.74 bits per heavy atom. The van der Waals surface area contributed by atoms with Gasteiger partial charge in [-0.25, -0.2) is 9.38 Å². The molecule has 0 amide bonds. The fourth-order valence-electron chi connectivity index (χ4n) is 2.88. The predicted molar refractivity (Wildman–Crippen MR) is 88.8 cm³/mol. The quantitative estimate of drug-likeness (QED) is 0.611. The molecule has 2 aromatic heterocycles. The number of H-pyrrole nitrogens is 1. The average Bonchev–Trinajstić information content (AvgIpc) is 2.93. The molecule has 0 saturated carbocycles. The fraction of sp³-hybridized carbons (Fsp3) is 0.111. The molecule has 114 valence electrons. The Morgan fingerprint density at radius 1 is 1.00 bits per heavy atom. The van der Waals surface area contributed by atoms with Gasteiger partial charge in [0.1, 0.15) is 0 Å². The molecule has 23 heavy (non-hydrogen) atoms. The zero-order valence-electron chi connectivity index (χ0n) is 12.4. The first-order chi connectivity index (χ1) is 11.2. The summed E-state index contributed by atoms with van der Waals surface area (Å²) in [4.78, 5) is 19.4. The number of nitrogens with zero attached hydrogens (tertiary/aromatic N) is 2. The van der Waals surface area contributed by atoms with Crippen molar-refractivity contribution in [3.05, 3.63) is 76.1 Å². The first kappa shape index (κ1) is 13.6. The van der Waals surface area contributed by atoms with E-state index in [1.807, 2.05) is 54.6 Å². The van der Waals surface area contributed by atoms with Crippen molar-refractivity contribution < 1.29 is 5.11 Å². The number of aryl methyl sites for hydroxylation is 1. The van der Waals surface area contributed by atoms with Crippen molar-refractivity contribution in [3.8, 4) is 5.88 Å². The van der Waals surface area contributed by atoms with Crippen LogP contribution in [-0.4, -0.2) is 19.5 Å². The van der Waals surface area contributed by atoms with E-state index in [0.717, 1.165) is 16.6 Å². The van der Waals surface area contributed by atoms with Crippen LogP contribution in [0, 0.1) is 0 Å². The maximum absolute atomic E-state index is 12.3. The molecule has 0 spiro atoms. The second-order valence-corrected chi connectivity index (χ2v) is 5.50. The molecule has 0 atom stereocenters. The summed E-state index contributed by atoms with van der Waals surface area (Å²) >= 11 is 0. The molecule has 0 radical (unpaired) electrons. The Balaban J connectivity index is 1.83. The molecule has 0 aliphatic heterocycles. The van der Waals surface area contributed by atoms with Crippen LogP contribution in [0.5, 0.6) is 5.88 Å². The predicted octanol–water partition coefficient (Wildman–Crippen LogP) is 2.67. The van der Waals surface area contributed by atoms with E-state index in [2.05, 4.69) is 9.97 Å². The second-order valence-electron chi connectivity index (χ2n) is 5.50. The van der Waals surface area contributed by atoms with Crippen LogP contribution < -0.4 is 5.56 Å². The number of aromatic hydroxyl groups is 1. The Hall–Kier alpha value is -3.08. The molecule has 2 aromatic carbocycles. The van der Waals surface area contributed by atoms with E-state index in [0.29, 0.717) is 24.2 Å². The highest BCUT2D eigenvalue weighted by atomic mass is 16.3. The van der Waals surface area contributed by atoms with Gasteiger partial charge in [0.15, 0.2) is 0 Å². The van der Waals surface area contributed by atoms with Crippen LogP contribution >= 0.6 is 0 Å². The summed E-state index contributed by atoms with van der Waals surface area (Å²) in [5, 5.41) is 10.6. The number of para-hydroxylation sites is 2. The van der Waals surface area contributed by atoms with Crippen LogP contribution in [0.15, 0.2) is 59.4 Å². The minimum atomic E-state index is -0.291. The van der Waals surface area contributed by atoms with Crippen LogP contribution in [0.2, 0.25) is 0 Å². The number of benzene rings is 2. The van der Waals surface area contributed by atoms with Crippen molar-refractivity contribution in [3.63, 3.8) is 0 Å². The number of imidazole rings is 1. The first-order valence-corrected chi connectivity index (χ1v) is 7.49. The lowest BCUT2D eigenvalue weighted by atomic mass is 10.1. The monoisotopic (exact) mass is 305 g/mol. The molecule has 0 unspecified atom stereocenters. The molecular formula is C18H15N3O2. The minimum Gasteiger partial charge on any atom is -0.494 e. The van der Waals surface area contributed by atoms with E-state index in [4.69, 9.17) is 0 Å². The summed E-state index contributed by atoms with van der Waals surface area (Å²) in [5.74, 6) is 0.325. The summed E-state index contributed by atoms with van der Waals surface area (Å²) in [7, 11) is 0. The van der Waals surface area contributed by atoms with Gasteiger partial charge in [-0.05, 0) is 30.5 Å². The zero-order chi connectivity index (χ0) is 15.8. The highest BCUT2D eigenvalue weighted by Crippen LogP contribution is 2.22. The lowest BCUT2D eigenvalue weighted by Gasteiger charge is -2.07. The Morgan fingerprint density at radius 3 is 2.57 bits per heavy atom. The van der Waals surface area contributed by atoms with Crippen molar-refractivity contribution in [1.82, 2.24) is 14.4 Å². The summed E-state index contributed by atoms with van der Waals surface area (Å²) < 4.78 is 1.59. The number of fused-ring (bicyclic) bond motifs is 3. The van der Waals surface area contributed by atoms with Gasteiger partial charge in [0.2, 0.25) is 11.7 Å². The summed E-state index contributed by atoms with van der Waals surface area (Å²) in [6, 6.07) is 17.4. The van der Waals surface area contributed by atoms with Gasteiger partial charge in [0.25, 0.3) is 5.56 Å². The van der Waals surface area contributed by atoms with Gasteiger partial charge in [0, 0.05) is 0 Å². The summed E-state index contributed by atoms with van der Waals surface area (Å²) in [5.41, 5.74) is 2.73. The van der Waals surface area contributed by atoms with Crippen molar-refractivity contribution in [1.29, 1.82) is 0 Å². The lowest BCUT2D eigenvalue weighted by molar-refractivity contribution is 0.438. The molecular weight excluding hydrogens is 290 g/mol. The van der Waals surface area contributed by atoms with Gasteiger partial charge in [-0.2, -0.15) is 0 Å². The lowest BCUT2D eigenvalue weighted by Crippen LogP contribution is -2.16. The Kier molecular flexibility index (Phi) is 3.12. The molecule has 0 aliphatic rings. The van der Waals surface area contributed by atoms with E-state index in [9.17, 15) is 9.90 Å². The van der Waals surface area contributed by atoms with E-state index >= 15 is 0 Å². The van der Waals surface area contributed by atoms with E-state index < -0.39 is 0 Å². The van der Waals surface area contributed by atoms with Crippen molar-refractivity contribution in [2.24, 2.45) is 0 Å². The van der Waals surface area contributed by atoms with Gasteiger partial charge < -0.3 is 5.11 Å². The summed E-state index contributed by atoms with van der Waals surface area (Å²) in [6.45, 7) is 0. The first-order valence-electron chi connectivity index (χ1n) is 7.49. The SMILES string of the molecule is O=c1[nH]c2nc3ccccc3n2c(O)c1CCc1ccccc1. The molecule has 2 N–H and O–H groups in total. The molecule has 0 fully saturated rings. The third-order valence-electron chi connectivity index (χ3n) is 4.05. The highest BCUT2D eigenvalue weighted by Gasteiger charge is 2.15.